The molecule has 1 saturated heterocycles. The summed E-state index contributed by atoms with van der Waals surface area (Å²) < 4.78 is 1.94. The van der Waals surface area contributed by atoms with Crippen molar-refractivity contribution >= 4 is 22.7 Å². The van der Waals surface area contributed by atoms with Crippen molar-refractivity contribution in [1.29, 1.82) is 0 Å². The second-order valence-electron chi connectivity index (χ2n) is 7.62. The summed E-state index contributed by atoms with van der Waals surface area (Å²) in [5, 5.41) is 8.63. The second kappa shape index (κ2) is 7.73. The van der Waals surface area contributed by atoms with Gasteiger partial charge in [-0.2, -0.15) is 5.10 Å². The monoisotopic (exact) mass is 393 g/mol. The highest BCUT2D eigenvalue weighted by Crippen LogP contribution is 2.25. The van der Waals surface area contributed by atoms with Gasteiger partial charge in [0.15, 0.2) is 0 Å². The van der Waals surface area contributed by atoms with Crippen LogP contribution in [0.2, 0.25) is 0 Å². The van der Waals surface area contributed by atoms with Gasteiger partial charge in [0.05, 0.1) is 5.69 Å². The van der Waals surface area contributed by atoms with Crippen LogP contribution in [0.4, 0.5) is 0 Å². The van der Waals surface area contributed by atoms with Crippen LogP contribution in [0.15, 0.2) is 30.5 Å². The zero-order valence-corrected chi connectivity index (χ0v) is 17.2. The number of para-hydroxylation sites is 1. The number of amides is 2. The van der Waals surface area contributed by atoms with E-state index in [4.69, 9.17) is 0 Å². The van der Waals surface area contributed by atoms with Crippen LogP contribution in [0.1, 0.15) is 42.3 Å². The van der Waals surface area contributed by atoms with E-state index in [1.165, 1.54) is 0 Å². The summed E-state index contributed by atoms with van der Waals surface area (Å²) in [6, 6.07) is 7.57. The average molecular weight is 393 g/mol. The van der Waals surface area contributed by atoms with Crippen molar-refractivity contribution in [2.24, 2.45) is 0 Å². The van der Waals surface area contributed by atoms with Crippen LogP contribution < -0.4 is 5.32 Å². The van der Waals surface area contributed by atoms with Crippen molar-refractivity contribution in [2.45, 2.75) is 59.3 Å². The van der Waals surface area contributed by atoms with E-state index in [1.54, 1.807) is 4.90 Å². The molecule has 7 heteroatoms. The van der Waals surface area contributed by atoms with Gasteiger partial charge in [0.1, 0.15) is 6.04 Å². The molecule has 7 nitrogen and oxygen atoms in total. The van der Waals surface area contributed by atoms with Gasteiger partial charge in [0.2, 0.25) is 11.8 Å². The number of hydrogen-bond acceptors (Lipinski definition) is 3. The van der Waals surface area contributed by atoms with Gasteiger partial charge >= 0.3 is 0 Å². The number of benzene rings is 1. The number of fused-ring (bicyclic) bond motifs is 1. The Morgan fingerprint density at radius 2 is 2.10 bits per heavy atom. The summed E-state index contributed by atoms with van der Waals surface area (Å²) in [4.78, 5) is 30.4. The molecule has 2 amide bonds. The molecule has 2 aromatic heterocycles. The van der Waals surface area contributed by atoms with Gasteiger partial charge in [-0.1, -0.05) is 18.2 Å². The maximum atomic E-state index is 12.9. The van der Waals surface area contributed by atoms with Crippen LogP contribution in [0.5, 0.6) is 0 Å². The molecule has 3 heterocycles. The summed E-state index contributed by atoms with van der Waals surface area (Å²) in [6.07, 6.45) is 2.89. The normalized spacial score (nSPS) is 16.7. The van der Waals surface area contributed by atoms with Crippen LogP contribution in [0, 0.1) is 13.8 Å². The Morgan fingerprint density at radius 3 is 2.86 bits per heavy atom. The molecule has 0 radical (unpaired) electrons. The Hall–Kier alpha value is -3.09. The number of rotatable bonds is 6. The Balaban J connectivity index is 1.48. The third-order valence-electron chi connectivity index (χ3n) is 5.92. The predicted octanol–water partition coefficient (Wildman–Crippen LogP) is 2.81. The molecule has 1 aromatic carbocycles. The summed E-state index contributed by atoms with van der Waals surface area (Å²) in [5.74, 6) is -0.0691. The van der Waals surface area contributed by atoms with Gasteiger partial charge in [-0.3, -0.25) is 14.3 Å². The Kier molecular flexibility index (Phi) is 5.13. The van der Waals surface area contributed by atoms with Crippen LogP contribution >= 0.6 is 0 Å². The first-order chi connectivity index (χ1) is 14.0. The van der Waals surface area contributed by atoms with E-state index < -0.39 is 6.04 Å². The SMILES string of the molecule is CCn1nc(C)c(CNC(=O)C2CCC(=O)N2Cc2c[nH]c3ccccc23)c1C. The number of carbonyl (C=O) groups excluding carboxylic acids is 2. The molecule has 0 spiro atoms. The van der Waals surface area contributed by atoms with Crippen molar-refractivity contribution in [3.63, 3.8) is 0 Å². The molecule has 3 aromatic rings. The molecule has 1 fully saturated rings. The minimum atomic E-state index is -0.432. The van der Waals surface area contributed by atoms with Gasteiger partial charge in [0, 0.05) is 54.4 Å². The molecule has 1 unspecified atom stereocenters. The standard InChI is InChI=1S/C22H27N5O2/c1-4-27-15(3)18(14(2)25-27)12-24-22(29)20-9-10-21(28)26(20)13-16-11-23-19-8-6-5-7-17(16)19/h5-8,11,20,23H,4,9-10,12-13H2,1-3H3,(H,24,29). The fraction of sp³-hybridized carbons (Fsp3) is 0.409. The number of H-pyrrole nitrogens is 1. The first kappa shape index (κ1) is 19.2. The second-order valence-corrected chi connectivity index (χ2v) is 7.62. The lowest BCUT2D eigenvalue weighted by atomic mass is 10.1. The minimum Gasteiger partial charge on any atom is -0.361 e. The summed E-state index contributed by atoms with van der Waals surface area (Å²) in [5.41, 5.74) is 5.12. The van der Waals surface area contributed by atoms with E-state index in [-0.39, 0.29) is 11.8 Å². The molecule has 152 valence electrons. The van der Waals surface area contributed by atoms with Crippen LogP contribution in [0.25, 0.3) is 10.9 Å². The minimum absolute atomic E-state index is 0.0293. The van der Waals surface area contributed by atoms with E-state index in [0.29, 0.717) is 25.9 Å². The van der Waals surface area contributed by atoms with Gasteiger partial charge in [-0.25, -0.2) is 0 Å². The highest BCUT2D eigenvalue weighted by Gasteiger charge is 2.36. The Morgan fingerprint density at radius 1 is 1.31 bits per heavy atom. The zero-order chi connectivity index (χ0) is 20.5. The molecule has 0 saturated carbocycles. The third kappa shape index (κ3) is 3.52. The first-order valence-electron chi connectivity index (χ1n) is 10.1. The third-order valence-corrected chi connectivity index (χ3v) is 5.92. The van der Waals surface area contributed by atoms with E-state index in [2.05, 4.69) is 22.3 Å². The van der Waals surface area contributed by atoms with E-state index >= 15 is 0 Å². The summed E-state index contributed by atoms with van der Waals surface area (Å²) in [6.45, 7) is 7.70. The fourth-order valence-electron chi connectivity index (χ4n) is 4.24. The van der Waals surface area contributed by atoms with Gasteiger partial charge < -0.3 is 15.2 Å². The van der Waals surface area contributed by atoms with E-state index in [9.17, 15) is 9.59 Å². The Labute approximate surface area is 170 Å². The van der Waals surface area contributed by atoms with Crippen molar-refractivity contribution in [1.82, 2.24) is 25.0 Å². The molecular weight excluding hydrogens is 366 g/mol. The fourth-order valence-corrected chi connectivity index (χ4v) is 4.24. The van der Waals surface area contributed by atoms with E-state index in [0.717, 1.165) is 40.0 Å². The molecule has 2 N–H and O–H groups in total. The molecule has 1 aliphatic heterocycles. The van der Waals surface area contributed by atoms with Gasteiger partial charge in [0.25, 0.3) is 0 Å². The lowest BCUT2D eigenvalue weighted by Crippen LogP contribution is -2.44. The van der Waals surface area contributed by atoms with E-state index in [1.807, 2.05) is 49.0 Å². The van der Waals surface area contributed by atoms with Crippen LogP contribution in [0.3, 0.4) is 0 Å². The number of aryl methyl sites for hydroxylation is 2. The smallest absolute Gasteiger partial charge is 0.243 e. The molecule has 29 heavy (non-hydrogen) atoms. The molecule has 1 atom stereocenters. The maximum absolute atomic E-state index is 12.9. The molecule has 0 bridgehead atoms. The molecular formula is C22H27N5O2. The zero-order valence-electron chi connectivity index (χ0n) is 17.2. The largest absolute Gasteiger partial charge is 0.361 e. The van der Waals surface area contributed by atoms with Gasteiger partial charge in [-0.15, -0.1) is 0 Å². The number of nitrogens with zero attached hydrogens (tertiary/aromatic N) is 3. The molecule has 1 aliphatic rings. The lowest BCUT2D eigenvalue weighted by Gasteiger charge is -2.24. The number of carbonyl (C=O) groups is 2. The van der Waals surface area contributed by atoms with Crippen molar-refractivity contribution in [2.75, 3.05) is 0 Å². The van der Waals surface area contributed by atoms with Crippen LogP contribution in [-0.2, 0) is 29.2 Å². The highest BCUT2D eigenvalue weighted by molar-refractivity contribution is 5.91. The Bertz CT molecular complexity index is 1060. The summed E-state index contributed by atoms with van der Waals surface area (Å²) >= 11 is 0. The maximum Gasteiger partial charge on any atom is 0.243 e. The molecule has 4 rings (SSSR count). The average Bonchev–Trinajstić information content (AvgIpc) is 3.37. The van der Waals surface area contributed by atoms with Crippen molar-refractivity contribution < 1.29 is 9.59 Å². The lowest BCUT2D eigenvalue weighted by molar-refractivity contribution is -0.135. The first-order valence-corrected chi connectivity index (χ1v) is 10.1. The number of aromatic nitrogens is 3. The number of aromatic amines is 1. The van der Waals surface area contributed by atoms with Gasteiger partial charge in [-0.05, 0) is 38.8 Å². The molecule has 0 aliphatic carbocycles. The van der Waals surface area contributed by atoms with Crippen molar-refractivity contribution in [3.05, 3.63) is 53.0 Å². The topological polar surface area (TPSA) is 83.0 Å². The predicted molar refractivity (Wildman–Crippen MR) is 111 cm³/mol. The van der Waals surface area contributed by atoms with Crippen LogP contribution in [-0.4, -0.2) is 37.5 Å². The summed E-state index contributed by atoms with van der Waals surface area (Å²) in [7, 11) is 0. The number of likely N-dealkylation sites (tertiary alicyclic amines) is 1. The number of nitrogens with one attached hydrogen (secondary N) is 2. The quantitative estimate of drug-likeness (QED) is 0.676. The highest BCUT2D eigenvalue weighted by atomic mass is 16.2. The van der Waals surface area contributed by atoms with Crippen molar-refractivity contribution in [3.8, 4) is 0 Å². The number of hydrogen-bond donors (Lipinski definition) is 2.